The van der Waals surface area contributed by atoms with Gasteiger partial charge in [-0.25, -0.2) is 0 Å². The molecular weight excluding hydrogens is 124 g/mol. The predicted octanol–water partition coefficient (Wildman–Crippen LogP) is 1.09. The monoisotopic (exact) mass is 130 g/mol. The van der Waals surface area contributed by atoms with Crippen LogP contribution in [0, 0.1) is 0 Å². The molecule has 44 valence electrons. The summed E-state index contributed by atoms with van der Waals surface area (Å²) in [5.41, 5.74) is 0. The van der Waals surface area contributed by atoms with Crippen molar-refractivity contribution in [3.05, 3.63) is 0 Å². The molecule has 0 unspecified atom stereocenters. The van der Waals surface area contributed by atoms with Crippen LogP contribution in [0.25, 0.3) is 0 Å². The van der Waals surface area contributed by atoms with E-state index in [1.165, 1.54) is 0 Å². The van der Waals surface area contributed by atoms with Gasteiger partial charge in [0.05, 0.1) is 0 Å². The third-order valence-electron chi connectivity index (χ3n) is 0.888. The van der Waals surface area contributed by atoms with Crippen LogP contribution in [0.15, 0.2) is 9.98 Å². The molecule has 1 aliphatic heterocycles. The zero-order valence-corrected chi connectivity index (χ0v) is 5.34. The molecule has 0 saturated carbocycles. The van der Waals surface area contributed by atoms with E-state index in [1.807, 2.05) is 6.92 Å². The minimum absolute atomic E-state index is 0.0741. The van der Waals surface area contributed by atoms with Crippen molar-refractivity contribution < 1.29 is 0 Å². The highest BCUT2D eigenvalue weighted by Gasteiger charge is 2.02. The van der Waals surface area contributed by atoms with Gasteiger partial charge >= 0.3 is 0 Å². The third-order valence-corrected chi connectivity index (χ3v) is 1.11. The van der Waals surface area contributed by atoms with Gasteiger partial charge < -0.3 is 0 Å². The topological polar surface area (TPSA) is 24.7 Å². The molecule has 0 fully saturated rings. The van der Waals surface area contributed by atoms with Gasteiger partial charge in [0.1, 0.15) is 11.5 Å². The summed E-state index contributed by atoms with van der Waals surface area (Å²) in [5, 5.41) is -0.0915. The zero-order valence-electron chi connectivity index (χ0n) is 4.58. The molecule has 0 aromatic carbocycles. The van der Waals surface area contributed by atoms with Crippen molar-refractivity contribution in [2.24, 2.45) is 9.98 Å². The first kappa shape index (κ1) is 5.76. The quantitative estimate of drug-likeness (QED) is 0.439. The maximum absolute atomic E-state index is 5.58. The summed E-state index contributed by atoms with van der Waals surface area (Å²) in [6, 6.07) is 0. The lowest BCUT2D eigenvalue weighted by Crippen LogP contribution is -2.11. The van der Waals surface area contributed by atoms with Crippen molar-refractivity contribution in [2.75, 3.05) is 0 Å². The molecule has 1 heterocycles. The average Bonchev–Trinajstić information content (AvgIpc) is 1.77. The molecule has 0 amide bonds. The molecule has 0 radical (unpaired) electrons. The lowest BCUT2D eigenvalue weighted by Gasteiger charge is -2.04. The minimum Gasteiger partial charge on any atom is -0.269 e. The number of alkyl halides is 1. The molecule has 0 aromatic rings. The Morgan fingerprint density at radius 3 is 2.25 bits per heavy atom. The fraction of sp³-hybridized carbons (Fsp3) is 0.600. The van der Waals surface area contributed by atoms with Crippen LogP contribution in [0.4, 0.5) is 0 Å². The summed E-state index contributed by atoms with van der Waals surface area (Å²) in [6.45, 7) is 1.91. The first-order chi connectivity index (χ1) is 3.79. The summed E-state index contributed by atoms with van der Waals surface area (Å²) >= 11 is 5.58. The molecule has 0 aliphatic carbocycles. The van der Waals surface area contributed by atoms with Crippen LogP contribution in [-0.2, 0) is 0 Å². The van der Waals surface area contributed by atoms with Crippen molar-refractivity contribution in [3.8, 4) is 0 Å². The lowest BCUT2D eigenvalue weighted by atomic mass is 10.4. The van der Waals surface area contributed by atoms with E-state index in [4.69, 9.17) is 11.6 Å². The Morgan fingerprint density at radius 2 is 1.88 bits per heavy atom. The maximum Gasteiger partial charge on any atom is 0.136 e. The summed E-state index contributed by atoms with van der Waals surface area (Å²) in [7, 11) is 0. The molecule has 2 nitrogen and oxygen atoms in total. The van der Waals surface area contributed by atoms with E-state index in [0.717, 1.165) is 0 Å². The molecule has 0 bridgehead atoms. The number of halogens is 1. The highest BCUT2D eigenvalue weighted by molar-refractivity contribution is 6.36. The maximum atomic E-state index is 5.58. The number of hydrogen-bond acceptors (Lipinski definition) is 2. The first-order valence-corrected chi connectivity index (χ1v) is 2.93. The number of aliphatic imine (C=N–C) groups is 2. The summed E-state index contributed by atoms with van der Waals surface area (Å²) in [4.78, 5) is 7.91. The standard InChI is InChI=1S/C5H7ClN2/c1-4-7-2-5(6)3-8-4/h2-5H,1H3. The fourth-order valence-corrected chi connectivity index (χ4v) is 0.621. The predicted molar refractivity (Wildman–Crippen MR) is 36.1 cm³/mol. The van der Waals surface area contributed by atoms with Gasteiger partial charge in [-0.05, 0) is 6.92 Å². The molecule has 0 aromatic heterocycles. The van der Waals surface area contributed by atoms with E-state index in [9.17, 15) is 0 Å². The van der Waals surface area contributed by atoms with Crippen molar-refractivity contribution in [3.63, 3.8) is 0 Å². The summed E-state index contributed by atoms with van der Waals surface area (Å²) < 4.78 is 0. The van der Waals surface area contributed by atoms with E-state index in [-0.39, 0.29) is 11.5 Å². The Hall–Kier alpha value is -0.370. The molecule has 0 spiro atoms. The fourth-order valence-electron chi connectivity index (χ4n) is 0.491. The Balaban J connectivity index is 2.54. The lowest BCUT2D eigenvalue weighted by molar-refractivity contribution is 0.792. The normalized spacial score (nSPS) is 35.8. The van der Waals surface area contributed by atoms with Crippen LogP contribution in [0.3, 0.4) is 0 Å². The Labute approximate surface area is 53.3 Å². The van der Waals surface area contributed by atoms with Crippen LogP contribution in [0.2, 0.25) is 0 Å². The van der Waals surface area contributed by atoms with Gasteiger partial charge in [-0.3, -0.25) is 9.98 Å². The number of hydrogen-bond donors (Lipinski definition) is 0. The minimum atomic E-state index is -0.0915. The number of nitrogens with zero attached hydrogens (tertiary/aromatic N) is 2. The molecule has 0 atom stereocenters. The summed E-state index contributed by atoms with van der Waals surface area (Å²) in [6.07, 6.45) is 3.46. The van der Waals surface area contributed by atoms with Gasteiger partial charge in [-0.2, -0.15) is 0 Å². The Morgan fingerprint density at radius 1 is 1.38 bits per heavy atom. The second kappa shape index (κ2) is 2.27. The van der Waals surface area contributed by atoms with E-state index in [0.29, 0.717) is 0 Å². The molecule has 0 N–H and O–H groups in total. The van der Waals surface area contributed by atoms with Crippen LogP contribution in [0.1, 0.15) is 6.92 Å². The van der Waals surface area contributed by atoms with E-state index in [1.54, 1.807) is 12.4 Å². The van der Waals surface area contributed by atoms with Gasteiger partial charge in [0.2, 0.25) is 0 Å². The van der Waals surface area contributed by atoms with E-state index in [2.05, 4.69) is 9.98 Å². The highest BCUT2D eigenvalue weighted by Crippen LogP contribution is 1.99. The molecule has 1 rings (SSSR count). The molecular formula is C5H7ClN2. The van der Waals surface area contributed by atoms with Gasteiger partial charge in [0.15, 0.2) is 0 Å². The van der Waals surface area contributed by atoms with Crippen molar-refractivity contribution in [1.29, 1.82) is 0 Å². The molecule has 1 aliphatic rings. The number of rotatable bonds is 0. The van der Waals surface area contributed by atoms with Gasteiger partial charge in [-0.15, -0.1) is 11.6 Å². The van der Waals surface area contributed by atoms with Crippen LogP contribution in [0.5, 0.6) is 0 Å². The van der Waals surface area contributed by atoms with Gasteiger partial charge in [-0.1, -0.05) is 0 Å². The van der Waals surface area contributed by atoms with E-state index < -0.39 is 0 Å². The first-order valence-electron chi connectivity index (χ1n) is 2.50. The molecule has 3 heteroatoms. The van der Waals surface area contributed by atoms with Crippen molar-refractivity contribution in [2.45, 2.75) is 18.5 Å². The van der Waals surface area contributed by atoms with Crippen LogP contribution >= 0.6 is 11.6 Å². The SMILES string of the molecule is CC1N=CC(Cl)C=N1. The Kier molecular flexibility index (Phi) is 1.63. The Bertz CT molecular complexity index is 102. The largest absolute Gasteiger partial charge is 0.269 e. The summed E-state index contributed by atoms with van der Waals surface area (Å²) in [5.74, 6) is 0. The van der Waals surface area contributed by atoms with Crippen molar-refractivity contribution in [1.82, 2.24) is 0 Å². The van der Waals surface area contributed by atoms with Gasteiger partial charge in [0.25, 0.3) is 0 Å². The smallest absolute Gasteiger partial charge is 0.136 e. The molecule has 0 saturated heterocycles. The molecule has 8 heavy (non-hydrogen) atoms. The van der Waals surface area contributed by atoms with E-state index >= 15 is 0 Å². The second-order valence-corrected chi connectivity index (χ2v) is 2.18. The van der Waals surface area contributed by atoms with Crippen molar-refractivity contribution >= 4 is 24.0 Å². The van der Waals surface area contributed by atoms with Gasteiger partial charge in [0, 0.05) is 12.4 Å². The van der Waals surface area contributed by atoms with Crippen LogP contribution < -0.4 is 0 Å². The third kappa shape index (κ3) is 1.30. The zero-order chi connectivity index (χ0) is 5.98. The highest BCUT2D eigenvalue weighted by atomic mass is 35.5. The average molecular weight is 131 g/mol. The second-order valence-electron chi connectivity index (χ2n) is 1.67. The van der Waals surface area contributed by atoms with Crippen LogP contribution in [-0.4, -0.2) is 24.0 Å².